The highest BCUT2D eigenvalue weighted by atomic mass is 16.5. The van der Waals surface area contributed by atoms with Gasteiger partial charge in [0.2, 0.25) is 0 Å². The number of fused-ring (bicyclic) bond motifs is 1. The Morgan fingerprint density at radius 1 is 1.17 bits per heavy atom. The number of hydrogen-bond acceptors (Lipinski definition) is 3. The monoisotopic (exact) mass is 389 g/mol. The summed E-state index contributed by atoms with van der Waals surface area (Å²) < 4.78 is 6.12. The number of imidazole rings is 1. The van der Waals surface area contributed by atoms with Crippen molar-refractivity contribution in [3.8, 4) is 17.0 Å². The molecule has 0 amide bonds. The predicted octanol–water partition coefficient (Wildman–Crippen LogP) is 4.04. The van der Waals surface area contributed by atoms with Gasteiger partial charge in [0, 0.05) is 19.0 Å². The number of hydrogen-bond donors (Lipinski definition) is 3. The summed E-state index contributed by atoms with van der Waals surface area (Å²) in [6, 6.07) is 18.5. The number of ether oxygens (including phenoxy) is 1. The molecule has 150 valence electrons. The van der Waals surface area contributed by atoms with Gasteiger partial charge in [-0.15, -0.1) is 0 Å². The number of nitrogens with zero attached hydrogens (tertiary/aromatic N) is 2. The maximum Gasteiger partial charge on any atom is 0.191 e. The van der Waals surface area contributed by atoms with Gasteiger partial charge in [0.25, 0.3) is 0 Å². The van der Waals surface area contributed by atoms with Gasteiger partial charge in [-0.2, -0.15) is 0 Å². The first-order chi connectivity index (χ1) is 14.0. The van der Waals surface area contributed by atoms with Crippen LogP contribution in [0.25, 0.3) is 11.3 Å². The summed E-state index contributed by atoms with van der Waals surface area (Å²) >= 11 is 0. The minimum absolute atomic E-state index is 0.123. The Bertz CT molecular complexity index is 993. The van der Waals surface area contributed by atoms with E-state index in [1.165, 1.54) is 0 Å². The van der Waals surface area contributed by atoms with E-state index in [0.29, 0.717) is 6.54 Å². The molecule has 3 N–H and O–H groups in total. The van der Waals surface area contributed by atoms with E-state index < -0.39 is 0 Å². The van der Waals surface area contributed by atoms with Gasteiger partial charge >= 0.3 is 0 Å². The molecular weight excluding hydrogens is 362 g/mol. The SMILES string of the molecule is CN=C(NCc1ncc(-c2ccccc2)[nH]1)NC1CC(C)(C)Oc2ccccc21. The van der Waals surface area contributed by atoms with Crippen LogP contribution in [0.5, 0.6) is 5.75 Å². The van der Waals surface area contributed by atoms with Gasteiger partial charge in [0.05, 0.1) is 24.5 Å². The largest absolute Gasteiger partial charge is 0.487 e. The summed E-state index contributed by atoms with van der Waals surface area (Å²) in [5.74, 6) is 2.52. The van der Waals surface area contributed by atoms with E-state index in [2.05, 4.69) is 57.6 Å². The summed E-state index contributed by atoms with van der Waals surface area (Å²) in [5, 5.41) is 6.90. The fourth-order valence-corrected chi connectivity index (χ4v) is 3.67. The van der Waals surface area contributed by atoms with Crippen molar-refractivity contribution in [1.29, 1.82) is 0 Å². The van der Waals surface area contributed by atoms with E-state index in [4.69, 9.17) is 4.74 Å². The van der Waals surface area contributed by atoms with Crippen molar-refractivity contribution >= 4 is 5.96 Å². The molecule has 6 nitrogen and oxygen atoms in total. The Labute approximate surface area is 171 Å². The molecule has 0 saturated heterocycles. The molecule has 0 fully saturated rings. The second-order valence-corrected chi connectivity index (χ2v) is 7.84. The lowest BCUT2D eigenvalue weighted by Crippen LogP contribution is -2.45. The molecular formula is C23H27N5O. The Hall–Kier alpha value is -3.28. The third-order valence-corrected chi connectivity index (χ3v) is 5.05. The van der Waals surface area contributed by atoms with E-state index in [9.17, 15) is 0 Å². The molecule has 29 heavy (non-hydrogen) atoms. The minimum atomic E-state index is -0.240. The van der Waals surface area contributed by atoms with Crippen LogP contribution in [0.15, 0.2) is 65.8 Å². The molecule has 0 radical (unpaired) electrons. The summed E-state index contributed by atoms with van der Waals surface area (Å²) in [7, 11) is 1.78. The van der Waals surface area contributed by atoms with Crippen LogP contribution in [-0.4, -0.2) is 28.6 Å². The van der Waals surface area contributed by atoms with Crippen LogP contribution < -0.4 is 15.4 Å². The normalized spacial score (nSPS) is 17.9. The van der Waals surface area contributed by atoms with Crippen LogP contribution in [0.4, 0.5) is 0 Å². The first kappa shape index (κ1) is 19.1. The molecule has 1 aromatic heterocycles. The average Bonchev–Trinajstić information content (AvgIpc) is 3.20. The van der Waals surface area contributed by atoms with Gasteiger partial charge in [0.1, 0.15) is 17.2 Å². The number of rotatable bonds is 4. The topological polar surface area (TPSA) is 74.3 Å². The van der Waals surface area contributed by atoms with Gasteiger partial charge in [-0.1, -0.05) is 48.5 Å². The maximum atomic E-state index is 6.12. The second kappa shape index (κ2) is 7.99. The van der Waals surface area contributed by atoms with Crippen LogP contribution in [0.1, 0.15) is 37.7 Å². The van der Waals surface area contributed by atoms with Crippen molar-refractivity contribution in [3.63, 3.8) is 0 Å². The summed E-state index contributed by atoms with van der Waals surface area (Å²) in [5.41, 5.74) is 3.04. The van der Waals surface area contributed by atoms with Crippen molar-refractivity contribution in [2.75, 3.05) is 7.05 Å². The summed E-state index contributed by atoms with van der Waals surface area (Å²) in [6.07, 6.45) is 2.71. The zero-order chi connectivity index (χ0) is 20.3. The first-order valence-corrected chi connectivity index (χ1v) is 9.88. The molecule has 2 aromatic carbocycles. The molecule has 6 heteroatoms. The van der Waals surface area contributed by atoms with Crippen LogP contribution >= 0.6 is 0 Å². The van der Waals surface area contributed by atoms with Gasteiger partial charge in [-0.05, 0) is 25.5 Å². The van der Waals surface area contributed by atoms with Crippen molar-refractivity contribution in [3.05, 3.63) is 72.2 Å². The number of aliphatic imine (C=N–C) groups is 1. The minimum Gasteiger partial charge on any atom is -0.487 e. The predicted molar refractivity (Wildman–Crippen MR) is 116 cm³/mol. The fourth-order valence-electron chi connectivity index (χ4n) is 3.67. The van der Waals surface area contributed by atoms with Crippen LogP contribution in [-0.2, 0) is 6.54 Å². The van der Waals surface area contributed by atoms with Crippen molar-refractivity contribution in [2.45, 2.75) is 38.5 Å². The smallest absolute Gasteiger partial charge is 0.191 e. The number of guanidine groups is 1. The average molecular weight is 390 g/mol. The highest BCUT2D eigenvalue weighted by molar-refractivity contribution is 5.80. The van der Waals surface area contributed by atoms with Crippen molar-refractivity contribution < 1.29 is 4.74 Å². The molecule has 1 unspecified atom stereocenters. The zero-order valence-corrected chi connectivity index (χ0v) is 17.1. The Morgan fingerprint density at radius 3 is 2.72 bits per heavy atom. The third kappa shape index (κ3) is 4.42. The van der Waals surface area contributed by atoms with Crippen LogP contribution in [0.2, 0.25) is 0 Å². The highest BCUT2D eigenvalue weighted by Crippen LogP contribution is 2.39. The van der Waals surface area contributed by atoms with E-state index in [1.807, 2.05) is 42.6 Å². The van der Waals surface area contributed by atoms with Crippen molar-refractivity contribution in [1.82, 2.24) is 20.6 Å². The van der Waals surface area contributed by atoms with E-state index >= 15 is 0 Å². The molecule has 2 heterocycles. The lowest BCUT2D eigenvalue weighted by molar-refractivity contribution is 0.0694. The number of para-hydroxylation sites is 1. The molecule has 3 aromatic rings. The van der Waals surface area contributed by atoms with Gasteiger partial charge in [-0.3, -0.25) is 4.99 Å². The highest BCUT2D eigenvalue weighted by Gasteiger charge is 2.33. The molecule has 0 spiro atoms. The molecule has 4 rings (SSSR count). The van der Waals surface area contributed by atoms with Gasteiger partial charge in [-0.25, -0.2) is 4.98 Å². The lowest BCUT2D eigenvalue weighted by atomic mass is 9.90. The standard InChI is InChI=1S/C23H27N5O/c1-23(2)13-18(17-11-7-8-12-20(17)29-23)28-22(24-3)26-15-21-25-14-19(27-21)16-9-5-4-6-10-16/h4-12,14,18H,13,15H2,1-3H3,(H,25,27)(H2,24,26,28). The molecule has 1 aliphatic heterocycles. The van der Waals surface area contributed by atoms with E-state index in [1.54, 1.807) is 7.05 Å². The number of aromatic amines is 1. The molecule has 0 saturated carbocycles. The van der Waals surface area contributed by atoms with E-state index in [-0.39, 0.29) is 11.6 Å². The zero-order valence-electron chi connectivity index (χ0n) is 17.1. The Morgan fingerprint density at radius 2 is 1.93 bits per heavy atom. The number of aromatic nitrogens is 2. The number of nitrogens with one attached hydrogen (secondary N) is 3. The van der Waals surface area contributed by atoms with Crippen LogP contribution in [0.3, 0.4) is 0 Å². The van der Waals surface area contributed by atoms with E-state index in [0.717, 1.165) is 40.8 Å². The lowest BCUT2D eigenvalue weighted by Gasteiger charge is -2.38. The summed E-state index contributed by atoms with van der Waals surface area (Å²) in [6.45, 7) is 4.78. The van der Waals surface area contributed by atoms with Crippen LogP contribution in [0, 0.1) is 0 Å². The molecule has 0 aliphatic carbocycles. The quantitative estimate of drug-likeness (QED) is 0.465. The number of H-pyrrole nitrogens is 1. The fraction of sp³-hybridized carbons (Fsp3) is 0.304. The maximum absolute atomic E-state index is 6.12. The molecule has 1 atom stereocenters. The molecule has 1 aliphatic rings. The molecule has 0 bridgehead atoms. The number of benzene rings is 2. The summed E-state index contributed by atoms with van der Waals surface area (Å²) in [4.78, 5) is 12.2. The second-order valence-electron chi connectivity index (χ2n) is 7.84. The van der Waals surface area contributed by atoms with Gasteiger partial charge < -0.3 is 20.4 Å². The van der Waals surface area contributed by atoms with Gasteiger partial charge in [0.15, 0.2) is 5.96 Å². The first-order valence-electron chi connectivity index (χ1n) is 9.88. The van der Waals surface area contributed by atoms with Crippen molar-refractivity contribution in [2.24, 2.45) is 4.99 Å². The Balaban J connectivity index is 1.43. The third-order valence-electron chi connectivity index (χ3n) is 5.05. The Kier molecular flexibility index (Phi) is 5.25.